The molecule has 96 valence electrons. The quantitative estimate of drug-likeness (QED) is 0.739. The highest BCUT2D eigenvalue weighted by atomic mass is 14.4. The highest BCUT2D eigenvalue weighted by Gasteiger charge is 2.38. The van der Waals surface area contributed by atoms with Crippen molar-refractivity contribution in [2.24, 2.45) is 10.8 Å². The van der Waals surface area contributed by atoms with E-state index in [-0.39, 0.29) is 5.41 Å². The molecule has 1 aromatic rings. The molecule has 0 aliphatic heterocycles. The van der Waals surface area contributed by atoms with Crippen LogP contribution in [0.4, 0.5) is 0 Å². The SMILES string of the molecule is Cc1ccc(CC2(C#N)CCC(C)(C)CC2)cc1. The van der Waals surface area contributed by atoms with E-state index in [4.69, 9.17) is 0 Å². The van der Waals surface area contributed by atoms with E-state index < -0.39 is 0 Å². The molecule has 2 rings (SSSR count). The first-order valence-electron chi connectivity index (χ1n) is 6.92. The van der Waals surface area contributed by atoms with Gasteiger partial charge in [-0.1, -0.05) is 43.7 Å². The van der Waals surface area contributed by atoms with Crippen LogP contribution in [0, 0.1) is 29.1 Å². The molecule has 0 atom stereocenters. The molecule has 1 saturated carbocycles. The number of rotatable bonds is 2. The van der Waals surface area contributed by atoms with Gasteiger partial charge in [0.1, 0.15) is 0 Å². The molecule has 1 aliphatic carbocycles. The van der Waals surface area contributed by atoms with Gasteiger partial charge in [-0.15, -0.1) is 0 Å². The number of aryl methyl sites for hydroxylation is 1. The molecule has 0 heterocycles. The van der Waals surface area contributed by atoms with E-state index in [0.29, 0.717) is 5.41 Å². The summed E-state index contributed by atoms with van der Waals surface area (Å²) < 4.78 is 0. The molecule has 18 heavy (non-hydrogen) atoms. The fourth-order valence-corrected chi connectivity index (χ4v) is 2.83. The summed E-state index contributed by atoms with van der Waals surface area (Å²) in [7, 11) is 0. The van der Waals surface area contributed by atoms with Crippen LogP contribution in [0.2, 0.25) is 0 Å². The molecule has 1 aliphatic rings. The van der Waals surface area contributed by atoms with Crippen molar-refractivity contribution in [1.29, 1.82) is 5.26 Å². The fraction of sp³-hybridized carbons (Fsp3) is 0.588. The summed E-state index contributed by atoms with van der Waals surface area (Å²) >= 11 is 0. The van der Waals surface area contributed by atoms with Crippen molar-refractivity contribution < 1.29 is 0 Å². The van der Waals surface area contributed by atoms with Gasteiger partial charge >= 0.3 is 0 Å². The highest BCUT2D eigenvalue weighted by Crippen LogP contribution is 2.46. The molecule has 0 bridgehead atoms. The van der Waals surface area contributed by atoms with Crippen LogP contribution in [0.25, 0.3) is 0 Å². The van der Waals surface area contributed by atoms with E-state index in [1.807, 2.05) is 0 Å². The number of hydrogen-bond acceptors (Lipinski definition) is 1. The molecule has 1 fully saturated rings. The van der Waals surface area contributed by atoms with E-state index in [0.717, 1.165) is 19.3 Å². The highest BCUT2D eigenvalue weighted by molar-refractivity contribution is 5.24. The number of benzene rings is 1. The molecular weight excluding hydrogens is 218 g/mol. The van der Waals surface area contributed by atoms with Crippen molar-refractivity contribution in [3.8, 4) is 6.07 Å². The number of nitriles is 1. The number of nitrogens with zero attached hydrogens (tertiary/aromatic N) is 1. The smallest absolute Gasteiger partial charge is 0.0693 e. The normalized spacial score (nSPS) is 21.2. The Morgan fingerprint density at radius 3 is 2.11 bits per heavy atom. The van der Waals surface area contributed by atoms with Gasteiger partial charge in [0.25, 0.3) is 0 Å². The lowest BCUT2D eigenvalue weighted by Gasteiger charge is -2.39. The number of hydrogen-bond donors (Lipinski definition) is 0. The van der Waals surface area contributed by atoms with Crippen LogP contribution in [-0.2, 0) is 6.42 Å². The third kappa shape index (κ3) is 2.93. The largest absolute Gasteiger partial charge is 0.198 e. The van der Waals surface area contributed by atoms with Crippen molar-refractivity contribution in [2.75, 3.05) is 0 Å². The molecule has 0 unspecified atom stereocenters. The van der Waals surface area contributed by atoms with Gasteiger partial charge in [-0.3, -0.25) is 0 Å². The third-order valence-corrected chi connectivity index (χ3v) is 4.46. The monoisotopic (exact) mass is 241 g/mol. The first-order valence-corrected chi connectivity index (χ1v) is 6.92. The first-order chi connectivity index (χ1) is 8.45. The van der Waals surface area contributed by atoms with E-state index in [1.165, 1.54) is 24.0 Å². The summed E-state index contributed by atoms with van der Waals surface area (Å²) in [4.78, 5) is 0. The maximum Gasteiger partial charge on any atom is 0.0693 e. The molecule has 0 amide bonds. The zero-order valence-electron chi connectivity index (χ0n) is 11.8. The van der Waals surface area contributed by atoms with Crippen LogP contribution in [0.3, 0.4) is 0 Å². The van der Waals surface area contributed by atoms with Gasteiger partial charge in [-0.05, 0) is 50.0 Å². The Bertz CT molecular complexity index is 437. The topological polar surface area (TPSA) is 23.8 Å². The van der Waals surface area contributed by atoms with Crippen LogP contribution >= 0.6 is 0 Å². The lowest BCUT2D eigenvalue weighted by atomic mass is 9.64. The van der Waals surface area contributed by atoms with Gasteiger partial charge in [0.05, 0.1) is 11.5 Å². The maximum atomic E-state index is 9.58. The summed E-state index contributed by atoms with van der Waals surface area (Å²) in [5.41, 5.74) is 2.90. The van der Waals surface area contributed by atoms with Gasteiger partial charge in [0, 0.05) is 0 Å². The summed E-state index contributed by atoms with van der Waals surface area (Å²) in [6.07, 6.45) is 5.35. The van der Waals surface area contributed by atoms with E-state index in [1.54, 1.807) is 0 Å². The lowest BCUT2D eigenvalue weighted by molar-refractivity contribution is 0.146. The molecule has 0 aromatic heterocycles. The zero-order valence-corrected chi connectivity index (χ0v) is 11.8. The van der Waals surface area contributed by atoms with E-state index >= 15 is 0 Å². The van der Waals surface area contributed by atoms with Crippen LogP contribution in [0.5, 0.6) is 0 Å². The van der Waals surface area contributed by atoms with E-state index in [9.17, 15) is 5.26 Å². The molecular formula is C17H23N. The van der Waals surface area contributed by atoms with Crippen LogP contribution in [-0.4, -0.2) is 0 Å². The minimum absolute atomic E-state index is 0.120. The molecule has 1 nitrogen and oxygen atoms in total. The second-order valence-corrected chi connectivity index (χ2v) is 6.72. The van der Waals surface area contributed by atoms with Crippen molar-refractivity contribution in [2.45, 2.75) is 52.9 Å². The summed E-state index contributed by atoms with van der Waals surface area (Å²) in [6, 6.07) is 11.3. The Morgan fingerprint density at radius 1 is 1.06 bits per heavy atom. The van der Waals surface area contributed by atoms with Crippen LogP contribution in [0.1, 0.15) is 50.7 Å². The average molecular weight is 241 g/mol. The van der Waals surface area contributed by atoms with Gasteiger partial charge in [0.2, 0.25) is 0 Å². The van der Waals surface area contributed by atoms with Gasteiger partial charge in [-0.2, -0.15) is 5.26 Å². The van der Waals surface area contributed by atoms with Crippen LogP contribution < -0.4 is 0 Å². The molecule has 1 aromatic carbocycles. The van der Waals surface area contributed by atoms with Gasteiger partial charge in [0.15, 0.2) is 0 Å². The zero-order chi connectivity index (χ0) is 13.2. The minimum Gasteiger partial charge on any atom is -0.198 e. The summed E-state index contributed by atoms with van der Waals surface area (Å²) in [5, 5.41) is 9.58. The molecule has 0 saturated heterocycles. The van der Waals surface area contributed by atoms with Gasteiger partial charge in [-0.25, -0.2) is 0 Å². The second kappa shape index (κ2) is 4.76. The fourth-order valence-electron chi connectivity index (χ4n) is 2.83. The average Bonchev–Trinajstić information content (AvgIpc) is 2.35. The third-order valence-electron chi connectivity index (χ3n) is 4.46. The van der Waals surface area contributed by atoms with Crippen molar-refractivity contribution >= 4 is 0 Å². The summed E-state index contributed by atoms with van der Waals surface area (Å²) in [5.74, 6) is 0. The van der Waals surface area contributed by atoms with Crippen molar-refractivity contribution in [3.05, 3.63) is 35.4 Å². The standard InChI is InChI=1S/C17H23N/c1-14-4-6-15(7-5-14)12-17(13-18)10-8-16(2,3)9-11-17/h4-7H,8-12H2,1-3H3. The second-order valence-electron chi connectivity index (χ2n) is 6.72. The molecule has 0 N–H and O–H groups in total. The molecule has 1 heteroatoms. The summed E-state index contributed by atoms with van der Waals surface area (Å²) in [6.45, 7) is 6.74. The van der Waals surface area contributed by atoms with Crippen LogP contribution in [0.15, 0.2) is 24.3 Å². The maximum absolute atomic E-state index is 9.58. The lowest BCUT2D eigenvalue weighted by Crippen LogP contribution is -2.31. The Hall–Kier alpha value is -1.29. The van der Waals surface area contributed by atoms with Crippen molar-refractivity contribution in [3.63, 3.8) is 0 Å². The Morgan fingerprint density at radius 2 is 1.61 bits per heavy atom. The predicted molar refractivity (Wildman–Crippen MR) is 75.2 cm³/mol. The predicted octanol–water partition coefficient (Wildman–Crippen LogP) is 4.65. The minimum atomic E-state index is -0.120. The van der Waals surface area contributed by atoms with Crippen molar-refractivity contribution in [1.82, 2.24) is 0 Å². The Kier molecular flexibility index (Phi) is 3.48. The molecule has 0 radical (unpaired) electrons. The Balaban J connectivity index is 2.11. The first kappa shape index (κ1) is 13.1. The Labute approximate surface area is 111 Å². The van der Waals surface area contributed by atoms with E-state index in [2.05, 4.69) is 51.1 Å². The van der Waals surface area contributed by atoms with Gasteiger partial charge < -0.3 is 0 Å². The molecule has 0 spiro atoms.